The minimum atomic E-state index is -0.0201. The molecule has 1 rings (SSSR count). The topological polar surface area (TPSA) is 20.2 Å². The number of aliphatic hydroxyl groups excluding tert-OH is 1. The Morgan fingerprint density at radius 2 is 2.00 bits per heavy atom. The second-order valence-corrected chi connectivity index (χ2v) is 2.51. The number of hydrogen-bond acceptors (Lipinski definition) is 1. The van der Waals surface area contributed by atoms with Gasteiger partial charge in [0.25, 0.3) is 0 Å². The van der Waals surface area contributed by atoms with Crippen molar-refractivity contribution in [3.63, 3.8) is 0 Å². The van der Waals surface area contributed by atoms with Crippen molar-refractivity contribution in [1.82, 2.24) is 0 Å². The molecule has 1 N–H and O–H groups in total. The summed E-state index contributed by atoms with van der Waals surface area (Å²) in [4.78, 5) is 0. The van der Waals surface area contributed by atoms with Gasteiger partial charge in [0.15, 0.2) is 0 Å². The Bertz CT molecular complexity index is 241. The van der Waals surface area contributed by atoms with Gasteiger partial charge < -0.3 is 5.11 Å². The van der Waals surface area contributed by atoms with Crippen LogP contribution in [0.5, 0.6) is 0 Å². The second kappa shape index (κ2) is 4.16. The van der Waals surface area contributed by atoms with Gasteiger partial charge in [-0.25, -0.2) is 0 Å². The van der Waals surface area contributed by atoms with E-state index >= 15 is 0 Å². The first kappa shape index (κ1) is 8.31. The summed E-state index contributed by atoms with van der Waals surface area (Å²) >= 11 is 5.81. The number of hydrogen-bond donors (Lipinski definition) is 1. The molecular weight excluding hydrogens is 160 g/mol. The van der Waals surface area contributed by atoms with Crippen molar-refractivity contribution in [1.29, 1.82) is 0 Å². The van der Waals surface area contributed by atoms with Crippen molar-refractivity contribution < 1.29 is 5.11 Å². The first-order valence-corrected chi connectivity index (χ1v) is 3.74. The maximum atomic E-state index is 8.54. The molecule has 0 aliphatic heterocycles. The van der Waals surface area contributed by atoms with Gasteiger partial charge in [0.05, 0.1) is 6.61 Å². The van der Waals surface area contributed by atoms with E-state index in [1.54, 1.807) is 6.08 Å². The van der Waals surface area contributed by atoms with Gasteiger partial charge in [-0.05, 0) is 11.6 Å². The van der Waals surface area contributed by atoms with Gasteiger partial charge in [-0.2, -0.15) is 0 Å². The highest BCUT2D eigenvalue weighted by molar-refractivity contribution is 6.48. The lowest BCUT2D eigenvalue weighted by Gasteiger charge is -1.95. The summed E-state index contributed by atoms with van der Waals surface area (Å²) in [6.45, 7) is -0.0201. The molecule has 0 heterocycles. The van der Waals surface area contributed by atoms with Gasteiger partial charge in [-0.1, -0.05) is 41.9 Å². The van der Waals surface area contributed by atoms with Crippen molar-refractivity contribution >= 4 is 16.6 Å². The van der Waals surface area contributed by atoms with Crippen molar-refractivity contribution in [3.8, 4) is 0 Å². The number of halogens is 1. The van der Waals surface area contributed by atoms with Gasteiger partial charge in [-0.15, -0.1) is 0 Å². The van der Waals surface area contributed by atoms with Crippen LogP contribution in [0.3, 0.4) is 0 Å². The molecular formula is C9H9ClO. The quantitative estimate of drug-likeness (QED) is 0.718. The molecule has 0 atom stereocenters. The molecule has 0 aliphatic carbocycles. The smallest absolute Gasteiger partial charge is 0.0629 e. The number of rotatable bonds is 2. The third-order valence-corrected chi connectivity index (χ3v) is 1.69. The summed E-state index contributed by atoms with van der Waals surface area (Å²) in [5, 5.41) is 9.13. The van der Waals surface area contributed by atoms with Crippen LogP contribution in [0.1, 0.15) is 5.56 Å². The lowest BCUT2D eigenvalue weighted by Crippen LogP contribution is -1.78. The number of aliphatic hydroxyl groups is 1. The van der Waals surface area contributed by atoms with E-state index in [1.165, 1.54) is 0 Å². The highest BCUT2D eigenvalue weighted by Gasteiger charge is 1.93. The Morgan fingerprint density at radius 1 is 1.36 bits per heavy atom. The zero-order chi connectivity index (χ0) is 8.10. The molecule has 0 radical (unpaired) electrons. The summed E-state index contributed by atoms with van der Waals surface area (Å²) < 4.78 is 0. The van der Waals surface area contributed by atoms with Crippen LogP contribution < -0.4 is 0 Å². The maximum Gasteiger partial charge on any atom is 0.0629 e. The molecule has 1 nitrogen and oxygen atoms in total. The lowest BCUT2D eigenvalue weighted by atomic mass is 10.2. The monoisotopic (exact) mass is 168 g/mol. The first-order chi connectivity index (χ1) is 5.34. The third-order valence-electron chi connectivity index (χ3n) is 1.32. The van der Waals surface area contributed by atoms with Crippen LogP contribution in [-0.4, -0.2) is 11.7 Å². The van der Waals surface area contributed by atoms with E-state index in [2.05, 4.69) is 0 Å². The van der Waals surface area contributed by atoms with Gasteiger partial charge in [-0.3, -0.25) is 0 Å². The molecule has 11 heavy (non-hydrogen) atoms. The largest absolute Gasteiger partial charge is 0.392 e. The number of benzene rings is 1. The summed E-state index contributed by atoms with van der Waals surface area (Å²) in [6, 6.07) is 9.53. The molecule has 58 valence electrons. The SMILES string of the molecule is OCC=C(Cl)c1ccccc1. The van der Waals surface area contributed by atoms with Gasteiger partial charge in [0, 0.05) is 5.03 Å². The minimum absolute atomic E-state index is 0.0201. The Hall–Kier alpha value is -0.790. The molecule has 0 fully saturated rings. The summed E-state index contributed by atoms with van der Waals surface area (Å²) in [5.41, 5.74) is 0.934. The van der Waals surface area contributed by atoms with Crippen LogP contribution >= 0.6 is 11.6 Å². The van der Waals surface area contributed by atoms with Crippen molar-refractivity contribution in [2.75, 3.05) is 6.61 Å². The van der Waals surface area contributed by atoms with Gasteiger partial charge in [0.2, 0.25) is 0 Å². The fourth-order valence-electron chi connectivity index (χ4n) is 0.795. The molecule has 0 unspecified atom stereocenters. The highest BCUT2D eigenvalue weighted by atomic mass is 35.5. The summed E-state index contributed by atoms with van der Waals surface area (Å²) in [6.07, 6.45) is 1.57. The summed E-state index contributed by atoms with van der Waals surface area (Å²) in [7, 11) is 0. The molecule has 0 aromatic heterocycles. The molecule has 1 aromatic carbocycles. The van der Waals surface area contributed by atoms with Crippen LogP contribution in [0.25, 0.3) is 5.03 Å². The molecule has 0 aliphatic rings. The van der Waals surface area contributed by atoms with Crippen LogP contribution in [-0.2, 0) is 0 Å². The lowest BCUT2D eigenvalue weighted by molar-refractivity contribution is 0.343. The van der Waals surface area contributed by atoms with E-state index in [0.29, 0.717) is 5.03 Å². The van der Waals surface area contributed by atoms with E-state index in [4.69, 9.17) is 16.7 Å². The third kappa shape index (κ3) is 2.37. The predicted octanol–water partition coefficient (Wildman–Crippen LogP) is 2.26. The van der Waals surface area contributed by atoms with Crippen LogP contribution in [0.2, 0.25) is 0 Å². The Kier molecular flexibility index (Phi) is 3.14. The van der Waals surface area contributed by atoms with Crippen LogP contribution in [0.4, 0.5) is 0 Å². The molecule has 1 aromatic rings. The van der Waals surface area contributed by atoms with E-state index in [1.807, 2.05) is 30.3 Å². The van der Waals surface area contributed by atoms with E-state index in [9.17, 15) is 0 Å². The fraction of sp³-hybridized carbons (Fsp3) is 0.111. The van der Waals surface area contributed by atoms with Gasteiger partial charge in [0.1, 0.15) is 0 Å². The van der Waals surface area contributed by atoms with Crippen LogP contribution in [0, 0.1) is 0 Å². The van der Waals surface area contributed by atoms with E-state index in [0.717, 1.165) is 5.56 Å². The molecule has 0 amide bonds. The minimum Gasteiger partial charge on any atom is -0.392 e. The average Bonchev–Trinajstić information content (AvgIpc) is 2.07. The van der Waals surface area contributed by atoms with Crippen molar-refractivity contribution in [3.05, 3.63) is 42.0 Å². The standard InChI is InChI=1S/C9H9ClO/c10-9(6-7-11)8-4-2-1-3-5-8/h1-6,11H,7H2. The van der Waals surface area contributed by atoms with Crippen molar-refractivity contribution in [2.24, 2.45) is 0 Å². The Labute approximate surface area is 70.9 Å². The van der Waals surface area contributed by atoms with E-state index < -0.39 is 0 Å². The molecule has 0 saturated carbocycles. The zero-order valence-corrected chi connectivity index (χ0v) is 6.75. The highest BCUT2D eigenvalue weighted by Crippen LogP contribution is 2.16. The molecule has 2 heteroatoms. The zero-order valence-electron chi connectivity index (χ0n) is 6.00. The average molecular weight is 169 g/mol. The second-order valence-electron chi connectivity index (χ2n) is 2.10. The van der Waals surface area contributed by atoms with Crippen LogP contribution in [0.15, 0.2) is 36.4 Å². The van der Waals surface area contributed by atoms with Gasteiger partial charge >= 0.3 is 0 Å². The molecule has 0 spiro atoms. The Morgan fingerprint density at radius 3 is 2.55 bits per heavy atom. The fourth-order valence-corrected chi connectivity index (χ4v) is 0.990. The normalized spacial score (nSPS) is 11.6. The first-order valence-electron chi connectivity index (χ1n) is 3.36. The maximum absolute atomic E-state index is 8.54. The predicted molar refractivity (Wildman–Crippen MR) is 47.4 cm³/mol. The molecule has 0 saturated heterocycles. The summed E-state index contributed by atoms with van der Waals surface area (Å²) in [5.74, 6) is 0. The van der Waals surface area contributed by atoms with Crippen molar-refractivity contribution in [2.45, 2.75) is 0 Å². The molecule has 0 bridgehead atoms. The van der Waals surface area contributed by atoms with E-state index in [-0.39, 0.29) is 6.61 Å². The Balaban J connectivity index is 2.85.